The highest BCUT2D eigenvalue weighted by Gasteiger charge is 2.17. The molecule has 0 aliphatic carbocycles. The minimum absolute atomic E-state index is 0.213. The van der Waals surface area contributed by atoms with Gasteiger partial charge in [-0.1, -0.05) is 27.2 Å². The van der Waals surface area contributed by atoms with Crippen LogP contribution in [-0.4, -0.2) is 24.9 Å². The van der Waals surface area contributed by atoms with Crippen LogP contribution in [0.15, 0.2) is 0 Å². The lowest BCUT2D eigenvalue weighted by molar-refractivity contribution is 0.0184. The summed E-state index contributed by atoms with van der Waals surface area (Å²) in [4.78, 5) is 0. The van der Waals surface area contributed by atoms with Gasteiger partial charge in [0.1, 0.15) is 0 Å². The summed E-state index contributed by atoms with van der Waals surface area (Å²) in [6.07, 6.45) is 2.44. The Balaban J connectivity index is 3.81. The Labute approximate surface area is 75.9 Å². The lowest BCUT2D eigenvalue weighted by Gasteiger charge is -2.23. The van der Waals surface area contributed by atoms with Crippen LogP contribution in [0.5, 0.6) is 0 Å². The molecule has 0 fully saturated rings. The van der Waals surface area contributed by atoms with Crippen LogP contribution in [0.3, 0.4) is 0 Å². The summed E-state index contributed by atoms with van der Waals surface area (Å²) in [5.74, 6) is 0.938. The Kier molecular flexibility index (Phi) is 6.39. The van der Waals surface area contributed by atoms with Crippen molar-refractivity contribution in [3.05, 3.63) is 0 Å². The van der Waals surface area contributed by atoms with Crippen molar-refractivity contribution in [2.24, 2.45) is 11.8 Å². The molecule has 0 saturated heterocycles. The smallest absolute Gasteiger partial charge is 0.0621 e. The van der Waals surface area contributed by atoms with Gasteiger partial charge in [-0.15, -0.1) is 0 Å². The van der Waals surface area contributed by atoms with Gasteiger partial charge in [-0.25, -0.2) is 0 Å². The Morgan fingerprint density at radius 3 is 2.25 bits per heavy atom. The third-order valence-corrected chi connectivity index (χ3v) is 2.56. The normalized spacial score (nSPS) is 18.8. The van der Waals surface area contributed by atoms with E-state index in [0.29, 0.717) is 5.92 Å². The summed E-state index contributed by atoms with van der Waals surface area (Å²) >= 11 is 0. The predicted molar refractivity (Wildman–Crippen MR) is 51.1 cm³/mol. The Morgan fingerprint density at radius 1 is 1.33 bits per heavy atom. The Bertz CT molecular complexity index is 104. The molecule has 12 heavy (non-hydrogen) atoms. The zero-order valence-corrected chi connectivity index (χ0v) is 8.71. The fourth-order valence-electron chi connectivity index (χ4n) is 1.24. The quantitative estimate of drug-likeness (QED) is 0.668. The number of ether oxygens (including phenoxy) is 1. The summed E-state index contributed by atoms with van der Waals surface area (Å²) < 4.78 is 5.32. The van der Waals surface area contributed by atoms with E-state index in [1.165, 1.54) is 6.42 Å². The van der Waals surface area contributed by atoms with Crippen LogP contribution in [0.25, 0.3) is 0 Å². The molecule has 0 bridgehead atoms. The van der Waals surface area contributed by atoms with Crippen LogP contribution in [0.4, 0.5) is 0 Å². The van der Waals surface area contributed by atoms with Crippen LogP contribution in [-0.2, 0) is 4.74 Å². The van der Waals surface area contributed by atoms with E-state index in [4.69, 9.17) is 9.84 Å². The van der Waals surface area contributed by atoms with E-state index in [1.54, 1.807) is 7.11 Å². The molecule has 0 radical (unpaired) electrons. The van der Waals surface area contributed by atoms with E-state index < -0.39 is 0 Å². The molecule has 2 nitrogen and oxygen atoms in total. The van der Waals surface area contributed by atoms with Gasteiger partial charge in [0.25, 0.3) is 0 Å². The highest BCUT2D eigenvalue weighted by Crippen LogP contribution is 2.17. The molecular weight excluding hydrogens is 152 g/mol. The summed E-state index contributed by atoms with van der Waals surface area (Å²) in [6, 6.07) is 0. The van der Waals surface area contributed by atoms with E-state index in [1.807, 2.05) is 6.92 Å². The topological polar surface area (TPSA) is 29.5 Å². The third-order valence-electron chi connectivity index (χ3n) is 2.56. The molecule has 1 N–H and O–H groups in total. The molecule has 0 saturated carbocycles. The van der Waals surface area contributed by atoms with Crippen molar-refractivity contribution >= 4 is 0 Å². The van der Waals surface area contributed by atoms with E-state index >= 15 is 0 Å². The van der Waals surface area contributed by atoms with Crippen molar-refractivity contribution in [3.63, 3.8) is 0 Å². The molecule has 3 unspecified atom stereocenters. The molecule has 0 aromatic carbocycles. The molecule has 0 aliphatic heterocycles. The van der Waals surface area contributed by atoms with Crippen molar-refractivity contribution in [1.29, 1.82) is 0 Å². The summed E-state index contributed by atoms with van der Waals surface area (Å²) in [7, 11) is 1.72. The highest BCUT2D eigenvalue weighted by atomic mass is 16.5. The number of aliphatic hydroxyl groups is 1. The van der Waals surface area contributed by atoms with Crippen molar-refractivity contribution in [2.75, 3.05) is 13.7 Å². The van der Waals surface area contributed by atoms with Gasteiger partial charge in [-0.05, 0) is 12.3 Å². The standard InChI is InChI=1S/C10H22O2/c1-5-8(2)6-10(12-4)9(3)7-11/h8-11H,5-7H2,1-4H3. The van der Waals surface area contributed by atoms with Gasteiger partial charge in [0.15, 0.2) is 0 Å². The maximum atomic E-state index is 8.94. The first-order valence-electron chi connectivity index (χ1n) is 4.79. The fraction of sp³-hybridized carbons (Fsp3) is 1.00. The highest BCUT2D eigenvalue weighted by molar-refractivity contribution is 4.67. The predicted octanol–water partition coefficient (Wildman–Crippen LogP) is 2.07. The van der Waals surface area contributed by atoms with Gasteiger partial charge < -0.3 is 9.84 Å². The second kappa shape index (κ2) is 6.44. The van der Waals surface area contributed by atoms with Crippen LogP contribution < -0.4 is 0 Å². The zero-order chi connectivity index (χ0) is 9.56. The van der Waals surface area contributed by atoms with E-state index in [-0.39, 0.29) is 18.6 Å². The van der Waals surface area contributed by atoms with Gasteiger partial charge in [-0.2, -0.15) is 0 Å². The lowest BCUT2D eigenvalue weighted by atomic mass is 9.94. The van der Waals surface area contributed by atoms with Crippen molar-refractivity contribution in [2.45, 2.75) is 39.7 Å². The molecule has 2 heteroatoms. The van der Waals surface area contributed by atoms with Crippen LogP contribution in [0.2, 0.25) is 0 Å². The number of aliphatic hydroxyl groups excluding tert-OH is 1. The Morgan fingerprint density at radius 2 is 1.92 bits per heavy atom. The van der Waals surface area contributed by atoms with Gasteiger partial charge in [0, 0.05) is 19.6 Å². The van der Waals surface area contributed by atoms with Crippen LogP contribution in [0, 0.1) is 11.8 Å². The van der Waals surface area contributed by atoms with Gasteiger partial charge in [0.05, 0.1) is 6.10 Å². The molecule has 0 amide bonds. The number of hydrogen-bond acceptors (Lipinski definition) is 2. The fourth-order valence-corrected chi connectivity index (χ4v) is 1.24. The molecule has 0 aromatic rings. The SMILES string of the molecule is CCC(C)CC(OC)C(C)CO. The molecule has 0 aromatic heterocycles. The second-order valence-corrected chi connectivity index (χ2v) is 3.68. The minimum atomic E-state index is 0.213. The molecule has 0 heterocycles. The van der Waals surface area contributed by atoms with E-state index in [0.717, 1.165) is 6.42 Å². The molecule has 0 spiro atoms. The largest absolute Gasteiger partial charge is 0.396 e. The number of hydrogen-bond donors (Lipinski definition) is 1. The first-order chi connectivity index (χ1) is 5.65. The average molecular weight is 174 g/mol. The minimum Gasteiger partial charge on any atom is -0.396 e. The van der Waals surface area contributed by atoms with Crippen LogP contribution >= 0.6 is 0 Å². The van der Waals surface area contributed by atoms with E-state index in [9.17, 15) is 0 Å². The Hall–Kier alpha value is -0.0800. The molecule has 74 valence electrons. The van der Waals surface area contributed by atoms with E-state index in [2.05, 4.69) is 13.8 Å². The van der Waals surface area contributed by atoms with Crippen molar-refractivity contribution in [3.8, 4) is 0 Å². The number of methoxy groups -OCH3 is 1. The van der Waals surface area contributed by atoms with Crippen molar-refractivity contribution in [1.82, 2.24) is 0 Å². The maximum Gasteiger partial charge on any atom is 0.0621 e. The average Bonchev–Trinajstić information content (AvgIpc) is 2.12. The molecule has 0 aliphatic rings. The molecule has 3 atom stereocenters. The van der Waals surface area contributed by atoms with Gasteiger partial charge >= 0.3 is 0 Å². The number of rotatable bonds is 6. The monoisotopic (exact) mass is 174 g/mol. The summed E-state index contributed by atoms with van der Waals surface area (Å²) in [5.41, 5.74) is 0. The summed E-state index contributed by atoms with van der Waals surface area (Å²) in [6.45, 7) is 6.64. The lowest BCUT2D eigenvalue weighted by Crippen LogP contribution is -2.25. The first-order valence-corrected chi connectivity index (χ1v) is 4.79. The maximum absolute atomic E-state index is 8.94. The van der Waals surface area contributed by atoms with Crippen molar-refractivity contribution < 1.29 is 9.84 Å². The molecular formula is C10H22O2. The zero-order valence-electron chi connectivity index (χ0n) is 8.71. The third kappa shape index (κ3) is 4.07. The van der Waals surface area contributed by atoms with Gasteiger partial charge in [-0.3, -0.25) is 0 Å². The summed E-state index contributed by atoms with van der Waals surface area (Å²) in [5, 5.41) is 8.94. The molecule has 0 rings (SSSR count). The first kappa shape index (κ1) is 11.9. The second-order valence-electron chi connectivity index (χ2n) is 3.68. The van der Waals surface area contributed by atoms with Crippen LogP contribution in [0.1, 0.15) is 33.6 Å². The van der Waals surface area contributed by atoms with Gasteiger partial charge in [0.2, 0.25) is 0 Å².